The van der Waals surface area contributed by atoms with Crippen LogP contribution in [0.2, 0.25) is 10.0 Å². The predicted octanol–water partition coefficient (Wildman–Crippen LogP) is 9.08. The number of aromatic nitrogens is 4. The highest BCUT2D eigenvalue weighted by atomic mass is 35.5. The van der Waals surface area contributed by atoms with Crippen molar-refractivity contribution < 1.29 is 24.2 Å². The van der Waals surface area contributed by atoms with Gasteiger partial charge in [0.25, 0.3) is 5.91 Å². The molecule has 0 fully saturated rings. The lowest BCUT2D eigenvalue weighted by Crippen LogP contribution is -2.43. The number of nitrogens with zero attached hydrogens (tertiary/aromatic N) is 6. The standard InChI is InChI=1S/C44H50Cl2N6O5/c1-24-19-30(20-25(2)38(24)46)57-17-10-11-31-32-13-14-34(45)37(36-27(4)47-50(9)28(36)5)39(32)52-26(3)22-51(43(53)41(31)52)40-33-21-29(23-56-18-16-48(6)7)12-15-35(33)49(8)42(40)44(54)55/h12-15,19-21,26H,10-11,16-18,22-23H2,1-9H3,(H,54,55)/t26-/m1/s1. The second-order valence-electron chi connectivity index (χ2n) is 15.5. The first-order valence-electron chi connectivity index (χ1n) is 19.2. The Hall–Kier alpha value is -4.81. The van der Waals surface area contributed by atoms with Crippen molar-refractivity contribution in [2.75, 3.05) is 45.3 Å². The predicted molar refractivity (Wildman–Crippen MR) is 228 cm³/mol. The van der Waals surface area contributed by atoms with Crippen LogP contribution in [0.1, 0.15) is 74.0 Å². The summed E-state index contributed by atoms with van der Waals surface area (Å²) in [6.45, 7) is 12.3. The molecular weight excluding hydrogens is 763 g/mol. The summed E-state index contributed by atoms with van der Waals surface area (Å²) >= 11 is 13.6. The molecule has 1 N–H and O–H groups in total. The number of amides is 1. The molecule has 300 valence electrons. The Morgan fingerprint density at radius 1 is 0.982 bits per heavy atom. The van der Waals surface area contributed by atoms with E-state index in [1.54, 1.807) is 16.5 Å². The largest absolute Gasteiger partial charge is 0.494 e. The molecular formula is C44H50Cl2N6O5. The summed E-state index contributed by atoms with van der Waals surface area (Å²) in [5, 5.41) is 18.3. The Morgan fingerprint density at radius 2 is 1.70 bits per heavy atom. The van der Waals surface area contributed by atoms with Crippen LogP contribution in [-0.4, -0.2) is 81.2 Å². The van der Waals surface area contributed by atoms with Crippen molar-refractivity contribution in [2.24, 2.45) is 14.1 Å². The monoisotopic (exact) mass is 812 g/mol. The maximum Gasteiger partial charge on any atom is 0.354 e. The normalized spacial score (nSPS) is 14.4. The molecule has 0 radical (unpaired) electrons. The molecule has 4 heterocycles. The minimum Gasteiger partial charge on any atom is -0.494 e. The van der Waals surface area contributed by atoms with Gasteiger partial charge >= 0.3 is 5.97 Å². The van der Waals surface area contributed by atoms with E-state index in [2.05, 4.69) is 16.4 Å². The highest BCUT2D eigenvalue weighted by Gasteiger charge is 2.39. The summed E-state index contributed by atoms with van der Waals surface area (Å²) in [4.78, 5) is 32.2. The molecule has 1 aliphatic heterocycles. The smallest absolute Gasteiger partial charge is 0.354 e. The maximum absolute atomic E-state index is 15.4. The second-order valence-corrected chi connectivity index (χ2v) is 16.3. The summed E-state index contributed by atoms with van der Waals surface area (Å²) in [5.41, 5.74) is 9.73. The third-order valence-corrected chi connectivity index (χ3v) is 12.1. The molecule has 1 amide bonds. The van der Waals surface area contributed by atoms with Crippen LogP contribution in [0, 0.1) is 27.7 Å². The van der Waals surface area contributed by atoms with Crippen LogP contribution in [0.15, 0.2) is 42.5 Å². The van der Waals surface area contributed by atoms with Crippen molar-refractivity contribution in [2.45, 2.75) is 60.1 Å². The van der Waals surface area contributed by atoms with Crippen LogP contribution in [0.4, 0.5) is 5.69 Å². The number of hydrogen-bond acceptors (Lipinski definition) is 6. The van der Waals surface area contributed by atoms with E-state index in [9.17, 15) is 9.90 Å². The van der Waals surface area contributed by atoms with Crippen LogP contribution in [0.3, 0.4) is 0 Å². The van der Waals surface area contributed by atoms with Crippen molar-refractivity contribution in [1.82, 2.24) is 23.8 Å². The fraction of sp³-hybridized carbons (Fsp3) is 0.386. The van der Waals surface area contributed by atoms with Crippen molar-refractivity contribution in [1.29, 1.82) is 0 Å². The molecule has 3 aromatic carbocycles. The van der Waals surface area contributed by atoms with Gasteiger partial charge in [-0.05, 0) is 114 Å². The molecule has 3 aromatic heterocycles. The minimum atomic E-state index is -1.11. The van der Waals surface area contributed by atoms with E-state index in [1.807, 2.05) is 96.0 Å². The quantitative estimate of drug-likeness (QED) is 0.116. The van der Waals surface area contributed by atoms with E-state index >= 15 is 4.79 Å². The van der Waals surface area contributed by atoms with Gasteiger partial charge in [-0.15, -0.1) is 0 Å². The molecule has 0 saturated heterocycles. The van der Waals surface area contributed by atoms with Gasteiger partial charge in [0.1, 0.15) is 11.4 Å². The number of aryl methyl sites for hydroxylation is 6. The zero-order valence-corrected chi connectivity index (χ0v) is 35.6. The Balaban J connectivity index is 1.37. The molecule has 11 nitrogen and oxygen atoms in total. The van der Waals surface area contributed by atoms with Gasteiger partial charge in [0, 0.05) is 65.8 Å². The molecule has 13 heteroatoms. The number of likely N-dealkylation sites (N-methyl/N-ethyl adjacent to an activating group) is 1. The van der Waals surface area contributed by atoms with Gasteiger partial charge in [-0.1, -0.05) is 35.3 Å². The molecule has 0 unspecified atom stereocenters. The van der Waals surface area contributed by atoms with Crippen LogP contribution < -0.4 is 9.64 Å². The van der Waals surface area contributed by atoms with Crippen molar-refractivity contribution >= 4 is 62.6 Å². The van der Waals surface area contributed by atoms with Gasteiger partial charge in [-0.3, -0.25) is 9.48 Å². The number of benzene rings is 3. The molecule has 1 atom stereocenters. The first-order valence-corrected chi connectivity index (χ1v) is 20.0. The van der Waals surface area contributed by atoms with Gasteiger partial charge in [-0.25, -0.2) is 4.79 Å². The molecule has 57 heavy (non-hydrogen) atoms. The van der Waals surface area contributed by atoms with Gasteiger partial charge in [-0.2, -0.15) is 5.10 Å². The average Bonchev–Trinajstić information content (AvgIpc) is 3.74. The Bertz CT molecular complexity index is 2540. The number of fused-ring (bicyclic) bond motifs is 4. The molecule has 0 aliphatic carbocycles. The third-order valence-electron chi connectivity index (χ3n) is 11.2. The summed E-state index contributed by atoms with van der Waals surface area (Å²) in [7, 11) is 7.64. The highest BCUT2D eigenvalue weighted by Crippen LogP contribution is 2.46. The first kappa shape index (κ1) is 40.4. The van der Waals surface area contributed by atoms with Gasteiger partial charge in [0.15, 0.2) is 5.69 Å². The van der Waals surface area contributed by atoms with E-state index in [0.29, 0.717) is 60.0 Å². The van der Waals surface area contributed by atoms with E-state index in [1.165, 1.54) is 0 Å². The number of hydrogen-bond donors (Lipinski definition) is 1. The van der Waals surface area contributed by atoms with E-state index in [4.69, 9.17) is 37.8 Å². The number of rotatable bonds is 13. The lowest BCUT2D eigenvalue weighted by molar-refractivity contribution is 0.0687. The Morgan fingerprint density at radius 3 is 2.35 bits per heavy atom. The van der Waals surface area contributed by atoms with Crippen LogP contribution >= 0.6 is 23.2 Å². The number of anilines is 1. The molecule has 1 aliphatic rings. The Labute approximate surface area is 343 Å². The first-order chi connectivity index (χ1) is 27.1. The number of carbonyl (C=O) groups is 2. The molecule has 0 bridgehead atoms. The van der Waals surface area contributed by atoms with Gasteiger partial charge in [0.05, 0.1) is 47.3 Å². The number of halogens is 2. The summed E-state index contributed by atoms with van der Waals surface area (Å²) in [6, 6.07) is 13.3. The SMILES string of the molecule is Cc1cc(OCCCc2c3n(c4c(-c5c(C)nn(C)c5C)c(Cl)ccc24)[C@H](C)CN(c2c(C(=O)O)n(C)c4ccc(COCCN(C)C)cc24)C3=O)cc(C)c1Cl. The van der Waals surface area contributed by atoms with E-state index in [0.717, 1.165) is 73.0 Å². The van der Waals surface area contributed by atoms with Gasteiger partial charge in [0.2, 0.25) is 0 Å². The number of ether oxygens (including phenoxy) is 2. The summed E-state index contributed by atoms with van der Waals surface area (Å²) < 4.78 is 17.8. The Kier molecular flexibility index (Phi) is 11.2. The van der Waals surface area contributed by atoms with Crippen molar-refractivity contribution in [3.05, 3.63) is 97.5 Å². The lowest BCUT2D eigenvalue weighted by Gasteiger charge is -2.34. The number of carbonyl (C=O) groups excluding carboxylic acids is 1. The highest BCUT2D eigenvalue weighted by molar-refractivity contribution is 6.35. The minimum absolute atomic E-state index is 0.0506. The molecule has 6 aromatic rings. The van der Waals surface area contributed by atoms with Crippen LogP contribution in [0.5, 0.6) is 5.75 Å². The van der Waals surface area contributed by atoms with Gasteiger partial charge < -0.3 is 33.5 Å². The fourth-order valence-electron chi connectivity index (χ4n) is 8.44. The maximum atomic E-state index is 15.4. The molecule has 0 saturated carbocycles. The number of aromatic carboxylic acids is 1. The number of carboxylic acids is 1. The van der Waals surface area contributed by atoms with Crippen molar-refractivity contribution in [3.63, 3.8) is 0 Å². The average molecular weight is 814 g/mol. The molecule has 7 rings (SSSR count). The summed E-state index contributed by atoms with van der Waals surface area (Å²) in [6.07, 6.45) is 1.14. The van der Waals surface area contributed by atoms with Crippen LogP contribution in [0.25, 0.3) is 32.9 Å². The van der Waals surface area contributed by atoms with E-state index in [-0.39, 0.29) is 24.2 Å². The van der Waals surface area contributed by atoms with Crippen molar-refractivity contribution in [3.8, 4) is 16.9 Å². The fourth-order valence-corrected chi connectivity index (χ4v) is 8.80. The third kappa shape index (κ3) is 7.20. The van der Waals surface area contributed by atoms with Crippen LogP contribution in [-0.2, 0) is 31.9 Å². The zero-order chi connectivity index (χ0) is 41.0. The lowest BCUT2D eigenvalue weighted by atomic mass is 9.98. The van der Waals surface area contributed by atoms with E-state index < -0.39 is 5.97 Å². The number of carboxylic acid groups (broad SMARTS) is 1. The molecule has 0 spiro atoms. The topological polar surface area (TPSA) is 107 Å². The zero-order valence-electron chi connectivity index (χ0n) is 34.1. The summed E-state index contributed by atoms with van der Waals surface area (Å²) in [5.74, 6) is -0.639. The second kappa shape index (κ2) is 15.9.